The Balaban J connectivity index is 2.51. The summed E-state index contributed by atoms with van der Waals surface area (Å²) in [4.78, 5) is 14.0. The van der Waals surface area contributed by atoms with Crippen molar-refractivity contribution in [1.82, 2.24) is 10.2 Å². The molecule has 0 radical (unpaired) electrons. The van der Waals surface area contributed by atoms with Crippen LogP contribution in [0.15, 0.2) is 0 Å². The van der Waals surface area contributed by atoms with Crippen molar-refractivity contribution >= 4 is 6.09 Å². The zero-order valence-corrected chi connectivity index (χ0v) is 13.6. The van der Waals surface area contributed by atoms with Gasteiger partial charge in [-0.25, -0.2) is 4.79 Å². The number of nitrogens with one attached hydrogen (secondary N) is 1. The fraction of sp³-hybridized carbons (Fsp3) is 0.933. The number of aliphatic hydroxyl groups excluding tert-OH is 2. The predicted molar refractivity (Wildman–Crippen MR) is 81.1 cm³/mol. The average Bonchev–Trinajstić information content (AvgIpc) is 2.82. The third kappa shape index (κ3) is 6.20. The van der Waals surface area contributed by atoms with Gasteiger partial charge in [0.15, 0.2) is 0 Å². The minimum Gasteiger partial charge on any atom is -0.444 e. The van der Waals surface area contributed by atoms with Crippen LogP contribution in [0.25, 0.3) is 0 Å². The molecule has 0 saturated carbocycles. The van der Waals surface area contributed by atoms with E-state index in [2.05, 4.69) is 5.32 Å². The van der Waals surface area contributed by atoms with Crippen molar-refractivity contribution in [3.05, 3.63) is 0 Å². The largest absolute Gasteiger partial charge is 0.444 e. The number of nitrogens with zero attached hydrogens (tertiary/aromatic N) is 1. The van der Waals surface area contributed by atoms with Crippen LogP contribution in [-0.4, -0.2) is 64.7 Å². The molecule has 1 fully saturated rings. The van der Waals surface area contributed by atoms with Crippen molar-refractivity contribution in [2.24, 2.45) is 0 Å². The fourth-order valence-electron chi connectivity index (χ4n) is 2.68. The third-order valence-electron chi connectivity index (χ3n) is 3.59. The van der Waals surface area contributed by atoms with Crippen molar-refractivity contribution < 1.29 is 19.7 Å². The van der Waals surface area contributed by atoms with Crippen molar-refractivity contribution in [1.29, 1.82) is 0 Å². The molecule has 0 aliphatic carbocycles. The van der Waals surface area contributed by atoms with E-state index in [4.69, 9.17) is 14.9 Å². The normalized spacial score (nSPS) is 20.9. The number of carbonyl (C=O) groups excluding carboxylic acids is 1. The maximum Gasteiger partial charge on any atom is 0.410 e. The summed E-state index contributed by atoms with van der Waals surface area (Å²) in [5.74, 6) is 0. The molecule has 1 rings (SSSR count). The molecule has 6 nitrogen and oxygen atoms in total. The van der Waals surface area contributed by atoms with E-state index in [-0.39, 0.29) is 37.4 Å². The van der Waals surface area contributed by atoms with Gasteiger partial charge in [0.2, 0.25) is 0 Å². The van der Waals surface area contributed by atoms with Gasteiger partial charge in [-0.2, -0.15) is 0 Å². The number of ether oxygens (including phenoxy) is 1. The Morgan fingerprint density at radius 3 is 2.52 bits per heavy atom. The summed E-state index contributed by atoms with van der Waals surface area (Å²) in [6.07, 6.45) is 2.49. The van der Waals surface area contributed by atoms with E-state index in [1.165, 1.54) is 0 Å². The van der Waals surface area contributed by atoms with Crippen molar-refractivity contribution in [2.45, 2.75) is 70.7 Å². The molecule has 6 heteroatoms. The number of aliphatic hydroxyl groups is 2. The van der Waals surface area contributed by atoms with Crippen LogP contribution in [0.2, 0.25) is 0 Å². The second-order valence-corrected chi connectivity index (χ2v) is 6.84. The van der Waals surface area contributed by atoms with Crippen LogP contribution in [-0.2, 0) is 4.74 Å². The minimum absolute atomic E-state index is 0.0959. The minimum atomic E-state index is -0.479. The Morgan fingerprint density at radius 1 is 1.38 bits per heavy atom. The van der Waals surface area contributed by atoms with E-state index < -0.39 is 5.60 Å². The van der Waals surface area contributed by atoms with Crippen LogP contribution < -0.4 is 5.32 Å². The molecule has 0 spiro atoms. The van der Waals surface area contributed by atoms with Crippen LogP contribution in [0, 0.1) is 0 Å². The summed E-state index contributed by atoms with van der Waals surface area (Å²) < 4.78 is 5.44. The Kier molecular flexibility index (Phi) is 6.90. The molecular formula is C15H30N2O4. The van der Waals surface area contributed by atoms with E-state index in [0.29, 0.717) is 0 Å². The van der Waals surface area contributed by atoms with Crippen LogP contribution in [0.5, 0.6) is 0 Å². The Hall–Kier alpha value is -0.850. The molecule has 21 heavy (non-hydrogen) atoms. The lowest BCUT2D eigenvalue weighted by Gasteiger charge is -2.30. The van der Waals surface area contributed by atoms with Crippen molar-refractivity contribution in [2.75, 3.05) is 19.8 Å². The summed E-state index contributed by atoms with van der Waals surface area (Å²) in [5, 5.41) is 21.4. The summed E-state index contributed by atoms with van der Waals surface area (Å²) in [6.45, 7) is 8.15. The van der Waals surface area contributed by atoms with Crippen LogP contribution in [0.4, 0.5) is 4.79 Å². The maximum absolute atomic E-state index is 12.2. The van der Waals surface area contributed by atoms with Gasteiger partial charge in [0.1, 0.15) is 5.60 Å². The highest BCUT2D eigenvalue weighted by Crippen LogP contribution is 2.24. The molecule has 2 unspecified atom stereocenters. The summed E-state index contributed by atoms with van der Waals surface area (Å²) >= 11 is 0. The molecule has 0 bridgehead atoms. The van der Waals surface area contributed by atoms with Gasteiger partial charge < -0.3 is 25.2 Å². The standard InChI is InChI=1S/C15H30N2O4/c1-11(16-12(9-18)10-19)8-13-6-5-7-17(13)14(20)21-15(2,3)4/h11-13,16,18-19H,5-10H2,1-4H3. The second kappa shape index (κ2) is 7.96. The highest BCUT2D eigenvalue weighted by molar-refractivity contribution is 5.68. The quantitative estimate of drug-likeness (QED) is 0.684. The highest BCUT2D eigenvalue weighted by atomic mass is 16.6. The molecule has 0 aromatic heterocycles. The number of likely N-dealkylation sites (tertiary alicyclic amines) is 1. The van der Waals surface area contributed by atoms with E-state index in [1.807, 2.05) is 27.7 Å². The predicted octanol–water partition coefficient (Wildman–Crippen LogP) is 1.11. The van der Waals surface area contributed by atoms with Gasteiger partial charge in [-0.05, 0) is 47.0 Å². The molecule has 0 aromatic carbocycles. The summed E-state index contributed by atoms with van der Waals surface area (Å²) in [7, 11) is 0. The van der Waals surface area contributed by atoms with Gasteiger partial charge in [0.05, 0.1) is 19.3 Å². The number of amides is 1. The smallest absolute Gasteiger partial charge is 0.410 e. The molecule has 2 atom stereocenters. The zero-order chi connectivity index (χ0) is 16.0. The number of hydrogen-bond donors (Lipinski definition) is 3. The lowest BCUT2D eigenvalue weighted by molar-refractivity contribution is 0.0211. The first kappa shape index (κ1) is 18.2. The van der Waals surface area contributed by atoms with Gasteiger partial charge in [0.25, 0.3) is 0 Å². The first-order valence-electron chi connectivity index (χ1n) is 7.74. The van der Waals surface area contributed by atoms with Crippen LogP contribution >= 0.6 is 0 Å². The number of carbonyl (C=O) groups is 1. The summed E-state index contributed by atoms with van der Waals surface area (Å²) in [6, 6.07) is -0.0425. The molecule has 1 aliphatic heterocycles. The molecular weight excluding hydrogens is 272 g/mol. The third-order valence-corrected chi connectivity index (χ3v) is 3.59. The Labute approximate surface area is 127 Å². The molecule has 1 amide bonds. The van der Waals surface area contributed by atoms with Crippen LogP contribution in [0.3, 0.4) is 0 Å². The van der Waals surface area contributed by atoms with E-state index >= 15 is 0 Å². The molecule has 0 aromatic rings. The van der Waals surface area contributed by atoms with Crippen molar-refractivity contribution in [3.8, 4) is 0 Å². The first-order valence-corrected chi connectivity index (χ1v) is 7.74. The van der Waals surface area contributed by atoms with Gasteiger partial charge >= 0.3 is 6.09 Å². The average molecular weight is 302 g/mol. The van der Waals surface area contributed by atoms with Crippen LogP contribution in [0.1, 0.15) is 47.0 Å². The van der Waals surface area contributed by atoms with Gasteiger partial charge in [-0.15, -0.1) is 0 Å². The molecule has 1 heterocycles. The van der Waals surface area contributed by atoms with Gasteiger partial charge in [-0.1, -0.05) is 0 Å². The first-order chi connectivity index (χ1) is 9.76. The van der Waals surface area contributed by atoms with Gasteiger partial charge in [-0.3, -0.25) is 0 Å². The molecule has 3 N–H and O–H groups in total. The molecule has 1 aliphatic rings. The van der Waals surface area contributed by atoms with E-state index in [0.717, 1.165) is 25.8 Å². The lowest BCUT2D eigenvalue weighted by Crippen LogP contribution is -2.46. The zero-order valence-electron chi connectivity index (χ0n) is 13.6. The molecule has 124 valence electrons. The van der Waals surface area contributed by atoms with E-state index in [1.54, 1.807) is 4.90 Å². The number of rotatable bonds is 6. The monoisotopic (exact) mass is 302 g/mol. The Morgan fingerprint density at radius 2 is 2.00 bits per heavy atom. The number of hydrogen-bond acceptors (Lipinski definition) is 5. The summed E-state index contributed by atoms with van der Waals surface area (Å²) in [5.41, 5.74) is -0.479. The maximum atomic E-state index is 12.2. The van der Waals surface area contributed by atoms with Gasteiger partial charge in [0, 0.05) is 18.6 Å². The Bertz CT molecular complexity index is 326. The fourth-order valence-corrected chi connectivity index (χ4v) is 2.68. The second-order valence-electron chi connectivity index (χ2n) is 6.84. The van der Waals surface area contributed by atoms with Crippen molar-refractivity contribution in [3.63, 3.8) is 0 Å². The topological polar surface area (TPSA) is 82.0 Å². The lowest BCUT2D eigenvalue weighted by atomic mass is 10.1. The highest BCUT2D eigenvalue weighted by Gasteiger charge is 2.33. The molecule has 1 saturated heterocycles. The SMILES string of the molecule is CC(CC1CCCN1C(=O)OC(C)(C)C)NC(CO)CO. The van der Waals surface area contributed by atoms with E-state index in [9.17, 15) is 4.79 Å².